The number of aryl methyl sites for hydroxylation is 1. The molecule has 41 heavy (non-hydrogen) atoms. The first-order chi connectivity index (χ1) is 19.9. The smallest absolute Gasteiger partial charge is 0.222 e. The lowest BCUT2D eigenvalue weighted by Crippen LogP contribution is -2.39. The van der Waals surface area contributed by atoms with E-state index in [1.807, 2.05) is 12.3 Å². The monoisotopic (exact) mass is 539 g/mol. The van der Waals surface area contributed by atoms with Gasteiger partial charge in [-0.15, -0.1) is 0 Å². The van der Waals surface area contributed by atoms with Gasteiger partial charge in [0.2, 0.25) is 5.69 Å². The molecule has 0 radical (unpaired) electrons. The summed E-state index contributed by atoms with van der Waals surface area (Å²) in [6.45, 7) is 17.6. The van der Waals surface area contributed by atoms with Crippen molar-refractivity contribution in [2.24, 2.45) is 4.99 Å². The predicted octanol–water partition coefficient (Wildman–Crippen LogP) is 8.29. The Balaban J connectivity index is 1.59. The van der Waals surface area contributed by atoms with Crippen molar-refractivity contribution in [2.45, 2.75) is 70.8 Å². The summed E-state index contributed by atoms with van der Waals surface area (Å²) < 4.78 is 2.30. The third-order valence-electron chi connectivity index (χ3n) is 8.58. The first-order valence-electron chi connectivity index (χ1n) is 14.8. The summed E-state index contributed by atoms with van der Waals surface area (Å²) in [7, 11) is 0. The summed E-state index contributed by atoms with van der Waals surface area (Å²) in [5.74, 6) is 1.75. The van der Waals surface area contributed by atoms with Crippen LogP contribution in [0.2, 0.25) is 0 Å². The molecule has 2 aromatic heterocycles. The Bertz CT molecular complexity index is 1660. The maximum atomic E-state index is 5.28. The highest BCUT2D eigenvalue weighted by Crippen LogP contribution is 2.40. The van der Waals surface area contributed by atoms with Crippen LogP contribution in [0.25, 0.3) is 28.1 Å². The van der Waals surface area contributed by atoms with Crippen LogP contribution in [-0.2, 0) is 6.42 Å². The zero-order valence-corrected chi connectivity index (χ0v) is 24.6. The number of rotatable bonds is 4. The fraction of sp³-hybridized carbons (Fsp3) is 0.297. The highest BCUT2D eigenvalue weighted by atomic mass is 15.0. The topological polar surface area (TPSA) is 42.0 Å². The second-order valence-electron chi connectivity index (χ2n) is 12.0. The zero-order chi connectivity index (χ0) is 28.7. The molecule has 4 aromatic rings. The predicted molar refractivity (Wildman–Crippen MR) is 169 cm³/mol. The van der Waals surface area contributed by atoms with Crippen LogP contribution in [0.1, 0.15) is 86.5 Å². The number of fused-ring (bicyclic) bond motifs is 6. The number of pyridine rings is 1. The Labute approximate surface area is 244 Å². The van der Waals surface area contributed by atoms with Crippen molar-refractivity contribution in [3.05, 3.63) is 120 Å². The Morgan fingerprint density at radius 3 is 2.41 bits per heavy atom. The van der Waals surface area contributed by atoms with Crippen molar-refractivity contribution in [2.75, 3.05) is 0 Å². The first-order valence-corrected chi connectivity index (χ1v) is 14.8. The largest absolute Gasteiger partial charge is 0.280 e. The van der Waals surface area contributed by atoms with Crippen molar-refractivity contribution in [1.29, 1.82) is 0 Å². The van der Waals surface area contributed by atoms with Crippen molar-refractivity contribution >= 4 is 11.4 Å². The molecule has 2 aromatic carbocycles. The van der Waals surface area contributed by atoms with Crippen LogP contribution in [0.5, 0.6) is 0 Å². The molecule has 2 aliphatic heterocycles. The van der Waals surface area contributed by atoms with Crippen LogP contribution in [-0.4, -0.2) is 21.7 Å². The average molecular weight is 540 g/mol. The fourth-order valence-electron chi connectivity index (χ4n) is 6.41. The van der Waals surface area contributed by atoms with Gasteiger partial charge < -0.3 is 0 Å². The molecule has 4 heteroatoms. The van der Waals surface area contributed by atoms with Crippen molar-refractivity contribution in [3.63, 3.8) is 0 Å². The lowest BCUT2D eigenvalue weighted by molar-refractivity contribution is -0.571. The van der Waals surface area contributed by atoms with E-state index in [9.17, 15) is 0 Å². The number of nitrogens with zero attached hydrogens (tertiary/aromatic N) is 4. The van der Waals surface area contributed by atoms with Gasteiger partial charge in [-0.3, -0.25) is 4.99 Å². The van der Waals surface area contributed by atoms with Crippen molar-refractivity contribution in [3.8, 4) is 22.4 Å². The molecule has 0 fully saturated rings. The maximum Gasteiger partial charge on any atom is 0.222 e. The number of benzene rings is 2. The summed E-state index contributed by atoms with van der Waals surface area (Å²) in [5, 5.41) is 0. The van der Waals surface area contributed by atoms with Crippen LogP contribution in [0.15, 0.2) is 97.3 Å². The third-order valence-corrected chi connectivity index (χ3v) is 8.58. The van der Waals surface area contributed by atoms with Gasteiger partial charge in [0.05, 0.1) is 29.4 Å². The molecule has 0 aliphatic carbocycles. The van der Waals surface area contributed by atoms with Gasteiger partial charge in [0.1, 0.15) is 5.82 Å². The molecule has 206 valence electrons. The second kappa shape index (κ2) is 11.0. The molecule has 6 rings (SSSR count). The Hall–Kier alpha value is -4.18. The number of hydrogen-bond donors (Lipinski definition) is 0. The van der Waals surface area contributed by atoms with E-state index in [4.69, 9.17) is 15.0 Å². The summed E-state index contributed by atoms with van der Waals surface area (Å²) in [6, 6.07) is 21.8. The summed E-state index contributed by atoms with van der Waals surface area (Å²) in [4.78, 5) is 15.3. The second-order valence-corrected chi connectivity index (χ2v) is 12.0. The zero-order valence-electron chi connectivity index (χ0n) is 24.6. The molecule has 0 saturated carbocycles. The van der Waals surface area contributed by atoms with E-state index in [-0.39, 0.29) is 17.9 Å². The normalized spacial score (nSPS) is 18.2. The van der Waals surface area contributed by atoms with Gasteiger partial charge in [0, 0.05) is 35.2 Å². The molecular weight excluding hydrogens is 500 g/mol. The van der Waals surface area contributed by atoms with Crippen LogP contribution in [0.3, 0.4) is 0 Å². The van der Waals surface area contributed by atoms with Crippen LogP contribution >= 0.6 is 0 Å². The van der Waals surface area contributed by atoms with Gasteiger partial charge in [-0.05, 0) is 48.1 Å². The van der Waals surface area contributed by atoms with Gasteiger partial charge in [-0.25, -0.2) is 9.97 Å². The summed E-state index contributed by atoms with van der Waals surface area (Å²) in [6.07, 6.45) is 8.82. The molecule has 4 heterocycles. The first kappa shape index (κ1) is 27.0. The Morgan fingerprint density at radius 2 is 1.68 bits per heavy atom. The van der Waals surface area contributed by atoms with Crippen molar-refractivity contribution in [1.82, 2.24) is 9.97 Å². The molecular formula is C37H39N4+. The maximum absolute atomic E-state index is 5.28. The molecule has 0 N–H and O–H groups in total. The highest BCUT2D eigenvalue weighted by molar-refractivity contribution is 6.10. The Kier molecular flexibility index (Phi) is 7.25. The molecule has 4 nitrogen and oxygen atoms in total. The number of aliphatic imine (C=N–C) groups is 1. The van der Waals surface area contributed by atoms with Gasteiger partial charge in [0.25, 0.3) is 0 Å². The molecule has 0 amide bonds. The van der Waals surface area contributed by atoms with E-state index in [2.05, 4.69) is 112 Å². The van der Waals surface area contributed by atoms with Gasteiger partial charge >= 0.3 is 0 Å². The third kappa shape index (κ3) is 4.97. The lowest BCUT2D eigenvalue weighted by atomic mass is 9.78. The van der Waals surface area contributed by atoms with E-state index in [0.29, 0.717) is 5.92 Å². The Morgan fingerprint density at radius 1 is 0.927 bits per heavy atom. The number of allylic oxidation sites excluding steroid dienone is 1. The fourth-order valence-corrected chi connectivity index (χ4v) is 6.41. The standard InChI is InChI=1S/C37H39N4/c1-7-33-28-16-12-11-15-27(28)29-17-18-34-31(21-38-37(40-34)24(4)5)36-20-30(26-13-9-8-10-14-26)32(23(2)3)22-41(36)25(6)19-35(29)39-33/h7-16,20-24,29,35H,1,6,17-19H2,2-5H3/q+1. The average Bonchev–Trinajstić information content (AvgIpc) is 2.99. The lowest BCUT2D eigenvalue weighted by Gasteiger charge is -2.32. The van der Waals surface area contributed by atoms with E-state index >= 15 is 0 Å². The highest BCUT2D eigenvalue weighted by Gasteiger charge is 2.35. The van der Waals surface area contributed by atoms with Crippen LogP contribution in [0.4, 0.5) is 0 Å². The minimum Gasteiger partial charge on any atom is -0.280 e. The van der Waals surface area contributed by atoms with E-state index < -0.39 is 0 Å². The van der Waals surface area contributed by atoms with Crippen molar-refractivity contribution < 1.29 is 4.57 Å². The van der Waals surface area contributed by atoms with E-state index in [1.54, 1.807) is 0 Å². The van der Waals surface area contributed by atoms with Gasteiger partial charge in [-0.2, -0.15) is 4.57 Å². The summed E-state index contributed by atoms with van der Waals surface area (Å²) in [5.41, 5.74) is 11.6. The molecule has 0 spiro atoms. The van der Waals surface area contributed by atoms with Crippen LogP contribution < -0.4 is 4.57 Å². The van der Waals surface area contributed by atoms with E-state index in [0.717, 1.165) is 53.4 Å². The van der Waals surface area contributed by atoms with Gasteiger partial charge in [-0.1, -0.05) is 88.9 Å². The summed E-state index contributed by atoms with van der Waals surface area (Å²) >= 11 is 0. The number of hydrogen-bond acceptors (Lipinski definition) is 3. The molecule has 2 atom stereocenters. The molecule has 0 bridgehead atoms. The minimum absolute atomic E-state index is 0.0787. The van der Waals surface area contributed by atoms with E-state index in [1.165, 1.54) is 27.8 Å². The molecule has 2 unspecified atom stereocenters. The SMILES string of the molecule is C=CC1=NC2CC(=C)[n+]3cc(C(C)C)c(-c4ccccc4)cc3-c3cnc(C(C)C)nc3CCC2c2ccccc21. The number of aromatic nitrogens is 3. The van der Waals surface area contributed by atoms with Crippen LogP contribution in [0, 0.1) is 0 Å². The molecule has 0 saturated heterocycles. The minimum atomic E-state index is 0.0787. The molecule has 2 aliphatic rings. The van der Waals surface area contributed by atoms with Gasteiger partial charge in [0.15, 0.2) is 11.9 Å². The quantitative estimate of drug-likeness (QED) is 0.245.